The van der Waals surface area contributed by atoms with Crippen molar-refractivity contribution in [2.45, 2.75) is 37.9 Å². The molecule has 1 saturated carbocycles. The third kappa shape index (κ3) is 4.90. The molecule has 4 nitrogen and oxygen atoms in total. The minimum atomic E-state index is -4.57. The Morgan fingerprint density at radius 2 is 1.81 bits per heavy atom. The summed E-state index contributed by atoms with van der Waals surface area (Å²) in [5, 5.41) is 2.37. The Kier molecular flexibility index (Phi) is 6.10. The van der Waals surface area contributed by atoms with Crippen LogP contribution in [-0.4, -0.2) is 54.5 Å². The average Bonchev–Trinajstić information content (AvgIpc) is 3.11. The van der Waals surface area contributed by atoms with Gasteiger partial charge in [-0.05, 0) is 31.0 Å². The summed E-state index contributed by atoms with van der Waals surface area (Å²) in [5.74, 6) is -0.438. The molecule has 2 aliphatic rings. The molecule has 3 rings (SSSR count). The molecule has 0 radical (unpaired) electrons. The van der Waals surface area contributed by atoms with E-state index in [1.54, 1.807) is 0 Å². The van der Waals surface area contributed by atoms with Crippen LogP contribution in [0, 0.1) is 0 Å². The number of carbonyl (C=O) groups excluding carboxylic acids is 1. The van der Waals surface area contributed by atoms with Crippen molar-refractivity contribution in [3.05, 3.63) is 28.8 Å². The van der Waals surface area contributed by atoms with E-state index < -0.39 is 17.6 Å². The number of benzene rings is 1. The van der Waals surface area contributed by atoms with Crippen molar-refractivity contribution < 1.29 is 18.0 Å². The summed E-state index contributed by atoms with van der Waals surface area (Å²) in [5.41, 5.74) is -1.18. The first-order chi connectivity index (χ1) is 12.3. The molecule has 1 N–H and O–H groups in total. The predicted octanol–water partition coefficient (Wildman–Crippen LogP) is 3.86. The zero-order valence-corrected chi connectivity index (χ0v) is 15.2. The summed E-state index contributed by atoms with van der Waals surface area (Å²) < 4.78 is 39.3. The molecule has 1 aromatic rings. The van der Waals surface area contributed by atoms with Gasteiger partial charge >= 0.3 is 6.18 Å². The first-order valence-electron chi connectivity index (χ1n) is 8.96. The molecule has 0 unspecified atom stereocenters. The molecular weight excluding hydrogens is 367 g/mol. The second-order valence-electron chi connectivity index (χ2n) is 6.99. The molecule has 1 amide bonds. The van der Waals surface area contributed by atoms with Crippen molar-refractivity contribution >= 4 is 23.2 Å². The first-order valence-corrected chi connectivity index (χ1v) is 9.34. The summed E-state index contributed by atoms with van der Waals surface area (Å²) in [6, 6.07) is 4.03. The molecule has 1 aliphatic carbocycles. The van der Waals surface area contributed by atoms with E-state index in [1.165, 1.54) is 37.8 Å². The van der Waals surface area contributed by atoms with Crippen molar-refractivity contribution in [3.63, 3.8) is 0 Å². The molecule has 0 atom stereocenters. The Morgan fingerprint density at radius 3 is 2.42 bits per heavy atom. The Labute approximate surface area is 156 Å². The van der Waals surface area contributed by atoms with Crippen molar-refractivity contribution in [3.8, 4) is 0 Å². The summed E-state index contributed by atoms with van der Waals surface area (Å²) in [4.78, 5) is 16.7. The van der Waals surface area contributed by atoms with Crippen molar-refractivity contribution in [2.75, 3.05) is 38.0 Å². The maximum absolute atomic E-state index is 13.1. The third-order valence-corrected chi connectivity index (χ3v) is 5.41. The Morgan fingerprint density at radius 1 is 1.15 bits per heavy atom. The van der Waals surface area contributed by atoms with Gasteiger partial charge in [0.05, 0.1) is 17.8 Å². The van der Waals surface area contributed by atoms with Gasteiger partial charge in [-0.2, -0.15) is 13.2 Å². The molecule has 0 spiro atoms. The molecule has 0 bridgehead atoms. The van der Waals surface area contributed by atoms with Crippen LogP contribution in [0.3, 0.4) is 0 Å². The molecule has 1 aliphatic heterocycles. The van der Waals surface area contributed by atoms with Crippen molar-refractivity contribution in [1.29, 1.82) is 0 Å². The van der Waals surface area contributed by atoms with E-state index in [0.29, 0.717) is 6.04 Å². The van der Waals surface area contributed by atoms with Gasteiger partial charge in [-0.3, -0.25) is 14.6 Å². The first kappa shape index (κ1) is 19.5. The van der Waals surface area contributed by atoms with E-state index in [-0.39, 0.29) is 17.3 Å². The summed E-state index contributed by atoms with van der Waals surface area (Å²) in [6.45, 7) is 3.44. The van der Waals surface area contributed by atoms with E-state index in [9.17, 15) is 18.0 Å². The zero-order valence-electron chi connectivity index (χ0n) is 14.5. The Balaban J connectivity index is 1.53. The van der Waals surface area contributed by atoms with Crippen LogP contribution in [-0.2, 0) is 11.0 Å². The maximum Gasteiger partial charge on any atom is 0.418 e. The lowest BCUT2D eigenvalue weighted by Gasteiger charge is -2.37. The highest BCUT2D eigenvalue weighted by atomic mass is 35.5. The van der Waals surface area contributed by atoms with Gasteiger partial charge in [-0.25, -0.2) is 0 Å². The molecule has 1 saturated heterocycles. The Hall–Kier alpha value is -1.31. The monoisotopic (exact) mass is 389 g/mol. The standard InChI is InChI=1S/C18H23ClF3N3O/c19-13-5-6-16(15(11-13)18(20,21)22)23-17(26)12-24-7-9-25(10-8-24)14-3-1-2-4-14/h5-6,11,14H,1-4,7-10,12H2,(H,23,26). The number of hydrogen-bond acceptors (Lipinski definition) is 3. The SMILES string of the molecule is O=C(CN1CCN(C2CCCC2)CC1)Nc1ccc(Cl)cc1C(F)(F)F. The number of piperazine rings is 1. The molecule has 8 heteroatoms. The number of nitrogens with one attached hydrogen (secondary N) is 1. The van der Waals surface area contributed by atoms with Crippen LogP contribution in [0.4, 0.5) is 18.9 Å². The minimum absolute atomic E-state index is 0.0154. The van der Waals surface area contributed by atoms with E-state index in [1.807, 2.05) is 4.90 Å². The van der Waals surface area contributed by atoms with Gasteiger partial charge in [0.2, 0.25) is 5.91 Å². The molecule has 26 heavy (non-hydrogen) atoms. The largest absolute Gasteiger partial charge is 0.418 e. The smallest absolute Gasteiger partial charge is 0.324 e. The second kappa shape index (κ2) is 8.15. The third-order valence-electron chi connectivity index (χ3n) is 5.18. The number of hydrogen-bond donors (Lipinski definition) is 1. The summed E-state index contributed by atoms with van der Waals surface area (Å²) in [6.07, 6.45) is 0.501. The fraction of sp³-hybridized carbons (Fsp3) is 0.611. The number of anilines is 1. The van der Waals surface area contributed by atoms with Crippen LogP contribution in [0.1, 0.15) is 31.2 Å². The van der Waals surface area contributed by atoms with Crippen LogP contribution in [0.5, 0.6) is 0 Å². The highest BCUT2D eigenvalue weighted by Gasteiger charge is 2.34. The van der Waals surface area contributed by atoms with E-state index in [4.69, 9.17) is 11.6 Å². The molecule has 144 valence electrons. The molecule has 2 fully saturated rings. The number of halogens is 4. The number of nitrogens with zero attached hydrogens (tertiary/aromatic N) is 2. The predicted molar refractivity (Wildman–Crippen MR) is 95.4 cm³/mol. The van der Waals surface area contributed by atoms with Gasteiger partial charge in [0, 0.05) is 37.2 Å². The van der Waals surface area contributed by atoms with Crippen LogP contribution >= 0.6 is 11.6 Å². The van der Waals surface area contributed by atoms with Gasteiger partial charge in [0.1, 0.15) is 0 Å². The fourth-order valence-corrected chi connectivity index (χ4v) is 3.98. The highest BCUT2D eigenvalue weighted by Crippen LogP contribution is 2.36. The average molecular weight is 390 g/mol. The Bertz CT molecular complexity index is 639. The number of alkyl halides is 3. The second-order valence-corrected chi connectivity index (χ2v) is 7.42. The topological polar surface area (TPSA) is 35.6 Å². The molecular formula is C18H23ClF3N3O. The summed E-state index contributed by atoms with van der Waals surface area (Å²) in [7, 11) is 0. The lowest BCUT2D eigenvalue weighted by Crippen LogP contribution is -2.51. The normalized spacial score (nSPS) is 20.5. The zero-order chi connectivity index (χ0) is 18.7. The van der Waals surface area contributed by atoms with Crippen LogP contribution in [0.2, 0.25) is 5.02 Å². The quantitative estimate of drug-likeness (QED) is 0.849. The summed E-state index contributed by atoms with van der Waals surface area (Å²) >= 11 is 5.66. The van der Waals surface area contributed by atoms with Gasteiger partial charge < -0.3 is 5.32 Å². The number of amides is 1. The van der Waals surface area contributed by atoms with Gasteiger partial charge in [-0.1, -0.05) is 24.4 Å². The highest BCUT2D eigenvalue weighted by molar-refractivity contribution is 6.30. The molecule has 1 heterocycles. The van der Waals surface area contributed by atoms with Crippen LogP contribution in [0.15, 0.2) is 18.2 Å². The minimum Gasteiger partial charge on any atom is -0.324 e. The molecule has 0 aromatic heterocycles. The fourth-order valence-electron chi connectivity index (χ4n) is 3.81. The van der Waals surface area contributed by atoms with Crippen molar-refractivity contribution in [1.82, 2.24) is 9.80 Å². The van der Waals surface area contributed by atoms with Gasteiger partial charge in [0.15, 0.2) is 0 Å². The van der Waals surface area contributed by atoms with Crippen molar-refractivity contribution in [2.24, 2.45) is 0 Å². The van der Waals surface area contributed by atoms with E-state index >= 15 is 0 Å². The maximum atomic E-state index is 13.1. The lowest BCUT2D eigenvalue weighted by atomic mass is 10.1. The number of carbonyl (C=O) groups is 1. The van der Waals surface area contributed by atoms with E-state index in [0.717, 1.165) is 32.2 Å². The van der Waals surface area contributed by atoms with Crippen LogP contribution < -0.4 is 5.32 Å². The van der Waals surface area contributed by atoms with Gasteiger partial charge in [0.25, 0.3) is 0 Å². The molecule has 1 aromatic carbocycles. The van der Waals surface area contributed by atoms with E-state index in [2.05, 4.69) is 10.2 Å². The lowest BCUT2D eigenvalue weighted by molar-refractivity contribution is -0.137. The van der Waals surface area contributed by atoms with Crippen LogP contribution in [0.25, 0.3) is 0 Å². The number of rotatable bonds is 4. The van der Waals surface area contributed by atoms with Gasteiger partial charge in [-0.15, -0.1) is 0 Å².